The lowest BCUT2D eigenvalue weighted by Crippen LogP contribution is -2.01. The average molecular weight is 379 g/mol. The Labute approximate surface area is 148 Å². The van der Waals surface area contributed by atoms with Crippen LogP contribution in [0.5, 0.6) is 11.5 Å². The molecule has 0 heterocycles. The molecular formula is C20H27BrO2. The summed E-state index contributed by atoms with van der Waals surface area (Å²) < 4.78 is 11.9. The molecule has 0 fully saturated rings. The fourth-order valence-corrected chi connectivity index (χ4v) is 2.89. The first kappa shape index (κ1) is 18.1. The Morgan fingerprint density at radius 1 is 0.870 bits per heavy atom. The summed E-state index contributed by atoms with van der Waals surface area (Å²) in [4.78, 5) is 0.637. The molecule has 0 spiro atoms. The molecule has 0 N–H and O–H groups in total. The standard InChI is InChI=1S/C20H27BrO2/c1-3-14-22-19-12-13-20(18-11-6-5-10-17(18)19)23-15-8-7-9-16(21)4-2/h5-6,10-13,16H,3-4,7-9,14-15H2,1-2H3. The fourth-order valence-electron chi connectivity index (χ4n) is 2.56. The number of rotatable bonds is 10. The van der Waals surface area contributed by atoms with E-state index in [1.54, 1.807) is 0 Å². The van der Waals surface area contributed by atoms with Crippen LogP contribution >= 0.6 is 15.9 Å². The van der Waals surface area contributed by atoms with E-state index >= 15 is 0 Å². The Kier molecular flexibility index (Phi) is 7.73. The molecule has 3 heteroatoms. The molecule has 2 nitrogen and oxygen atoms in total. The molecule has 0 radical (unpaired) electrons. The monoisotopic (exact) mass is 378 g/mol. The van der Waals surface area contributed by atoms with Gasteiger partial charge in [-0.2, -0.15) is 0 Å². The predicted molar refractivity (Wildman–Crippen MR) is 102 cm³/mol. The highest BCUT2D eigenvalue weighted by atomic mass is 79.9. The second-order valence-electron chi connectivity index (χ2n) is 5.81. The highest BCUT2D eigenvalue weighted by Gasteiger charge is 2.08. The molecule has 2 aromatic rings. The van der Waals surface area contributed by atoms with Crippen molar-refractivity contribution in [1.82, 2.24) is 0 Å². The number of alkyl halides is 1. The highest BCUT2D eigenvalue weighted by molar-refractivity contribution is 9.09. The lowest BCUT2D eigenvalue weighted by molar-refractivity contribution is 0.305. The second-order valence-corrected chi connectivity index (χ2v) is 7.10. The zero-order valence-electron chi connectivity index (χ0n) is 14.2. The van der Waals surface area contributed by atoms with Gasteiger partial charge in [0.05, 0.1) is 13.2 Å². The van der Waals surface area contributed by atoms with Gasteiger partial charge in [0.15, 0.2) is 0 Å². The normalized spacial score (nSPS) is 12.3. The zero-order valence-corrected chi connectivity index (χ0v) is 15.8. The summed E-state index contributed by atoms with van der Waals surface area (Å²) in [7, 11) is 0. The third-order valence-corrected chi connectivity index (χ3v) is 5.02. The number of ether oxygens (including phenoxy) is 2. The van der Waals surface area contributed by atoms with Crippen molar-refractivity contribution in [1.29, 1.82) is 0 Å². The van der Waals surface area contributed by atoms with Crippen molar-refractivity contribution < 1.29 is 9.47 Å². The summed E-state index contributed by atoms with van der Waals surface area (Å²) in [6.45, 7) is 5.85. The first-order valence-corrected chi connectivity index (χ1v) is 9.59. The van der Waals surface area contributed by atoms with E-state index < -0.39 is 0 Å². The van der Waals surface area contributed by atoms with Gasteiger partial charge in [-0.05, 0) is 44.2 Å². The van der Waals surface area contributed by atoms with Gasteiger partial charge in [0.25, 0.3) is 0 Å². The van der Waals surface area contributed by atoms with Crippen LogP contribution in [-0.4, -0.2) is 18.0 Å². The summed E-state index contributed by atoms with van der Waals surface area (Å²) in [5.41, 5.74) is 0. The highest BCUT2D eigenvalue weighted by Crippen LogP contribution is 2.33. The Morgan fingerprint density at radius 2 is 1.48 bits per heavy atom. The van der Waals surface area contributed by atoms with Crippen LogP contribution in [0.2, 0.25) is 0 Å². The van der Waals surface area contributed by atoms with E-state index in [2.05, 4.69) is 48.0 Å². The Morgan fingerprint density at radius 3 is 2.04 bits per heavy atom. The van der Waals surface area contributed by atoms with Gasteiger partial charge in [0.1, 0.15) is 11.5 Å². The molecule has 1 unspecified atom stereocenters. The lowest BCUT2D eigenvalue weighted by atomic mass is 10.1. The molecule has 0 aromatic heterocycles. The maximum atomic E-state index is 6.02. The van der Waals surface area contributed by atoms with Crippen LogP contribution in [-0.2, 0) is 0 Å². The van der Waals surface area contributed by atoms with Crippen molar-refractivity contribution >= 4 is 26.7 Å². The molecule has 2 rings (SSSR count). The molecule has 0 saturated heterocycles. The molecule has 0 aliphatic heterocycles. The zero-order chi connectivity index (χ0) is 16.5. The number of halogens is 1. The first-order valence-electron chi connectivity index (χ1n) is 8.67. The van der Waals surface area contributed by atoms with Gasteiger partial charge >= 0.3 is 0 Å². The van der Waals surface area contributed by atoms with Gasteiger partial charge in [-0.3, -0.25) is 0 Å². The van der Waals surface area contributed by atoms with Gasteiger partial charge < -0.3 is 9.47 Å². The predicted octanol–water partition coefficient (Wildman–Crippen LogP) is 6.35. The molecule has 1 atom stereocenters. The minimum Gasteiger partial charge on any atom is -0.493 e. The van der Waals surface area contributed by atoms with Gasteiger partial charge in [-0.25, -0.2) is 0 Å². The molecule has 126 valence electrons. The number of hydrogen-bond donors (Lipinski definition) is 0. The van der Waals surface area contributed by atoms with Crippen LogP contribution in [0.4, 0.5) is 0 Å². The Bertz CT molecular complexity index is 597. The average Bonchev–Trinajstić information content (AvgIpc) is 2.60. The smallest absolute Gasteiger partial charge is 0.127 e. The first-order chi connectivity index (χ1) is 11.3. The van der Waals surface area contributed by atoms with Crippen LogP contribution in [0.3, 0.4) is 0 Å². The van der Waals surface area contributed by atoms with E-state index in [9.17, 15) is 0 Å². The Hall–Kier alpha value is -1.22. The van der Waals surface area contributed by atoms with E-state index in [0.29, 0.717) is 4.83 Å². The summed E-state index contributed by atoms with van der Waals surface area (Å²) in [6.07, 6.45) is 5.69. The van der Waals surface area contributed by atoms with E-state index in [4.69, 9.17) is 9.47 Å². The van der Waals surface area contributed by atoms with Crippen LogP contribution in [0.1, 0.15) is 46.0 Å². The largest absolute Gasteiger partial charge is 0.493 e. The second kappa shape index (κ2) is 9.82. The fraction of sp³-hybridized carbons (Fsp3) is 0.500. The molecule has 23 heavy (non-hydrogen) atoms. The third-order valence-electron chi connectivity index (χ3n) is 3.92. The van der Waals surface area contributed by atoms with Crippen molar-refractivity contribution in [3.8, 4) is 11.5 Å². The van der Waals surface area contributed by atoms with Crippen LogP contribution in [0.25, 0.3) is 10.8 Å². The van der Waals surface area contributed by atoms with Gasteiger partial charge in [-0.1, -0.05) is 54.0 Å². The number of fused-ring (bicyclic) bond motifs is 1. The van der Waals surface area contributed by atoms with Gasteiger partial charge in [-0.15, -0.1) is 0 Å². The van der Waals surface area contributed by atoms with Gasteiger partial charge in [0, 0.05) is 15.6 Å². The molecule has 2 aromatic carbocycles. The van der Waals surface area contributed by atoms with Crippen molar-refractivity contribution in [2.24, 2.45) is 0 Å². The van der Waals surface area contributed by atoms with E-state index in [1.165, 1.54) is 19.3 Å². The van der Waals surface area contributed by atoms with Crippen molar-refractivity contribution in [3.63, 3.8) is 0 Å². The lowest BCUT2D eigenvalue weighted by Gasteiger charge is -2.13. The molecule has 0 saturated carbocycles. The molecule has 0 bridgehead atoms. The Balaban J connectivity index is 1.98. The van der Waals surface area contributed by atoms with Crippen molar-refractivity contribution in [2.75, 3.05) is 13.2 Å². The number of hydrogen-bond acceptors (Lipinski definition) is 2. The molecular weight excluding hydrogens is 352 g/mol. The molecule has 0 amide bonds. The summed E-state index contributed by atoms with van der Waals surface area (Å²) in [6, 6.07) is 12.4. The summed E-state index contributed by atoms with van der Waals surface area (Å²) in [5, 5.41) is 2.26. The van der Waals surface area contributed by atoms with Crippen molar-refractivity contribution in [3.05, 3.63) is 36.4 Å². The van der Waals surface area contributed by atoms with E-state index in [1.807, 2.05) is 18.2 Å². The summed E-state index contributed by atoms with van der Waals surface area (Å²) in [5.74, 6) is 1.90. The maximum Gasteiger partial charge on any atom is 0.127 e. The number of benzene rings is 2. The number of unbranched alkanes of at least 4 members (excludes halogenated alkanes) is 1. The summed E-state index contributed by atoms with van der Waals surface area (Å²) >= 11 is 3.68. The minimum absolute atomic E-state index is 0.637. The topological polar surface area (TPSA) is 18.5 Å². The van der Waals surface area contributed by atoms with Gasteiger partial charge in [0.2, 0.25) is 0 Å². The van der Waals surface area contributed by atoms with E-state index in [0.717, 1.165) is 48.3 Å². The molecule has 0 aliphatic carbocycles. The van der Waals surface area contributed by atoms with Crippen LogP contribution in [0, 0.1) is 0 Å². The van der Waals surface area contributed by atoms with Crippen molar-refractivity contribution in [2.45, 2.75) is 50.8 Å². The molecule has 0 aliphatic rings. The SMILES string of the molecule is CCCOc1ccc(OCCCCC(Br)CC)c2ccccc12. The minimum atomic E-state index is 0.637. The third kappa shape index (κ3) is 5.42. The quantitative estimate of drug-likeness (QED) is 0.354. The maximum absolute atomic E-state index is 6.02. The van der Waals surface area contributed by atoms with E-state index in [-0.39, 0.29) is 0 Å². The van der Waals surface area contributed by atoms with Crippen LogP contribution in [0.15, 0.2) is 36.4 Å². The van der Waals surface area contributed by atoms with Crippen LogP contribution < -0.4 is 9.47 Å².